The van der Waals surface area contributed by atoms with Gasteiger partial charge >= 0.3 is 6.09 Å². The number of benzene rings is 2. The van der Waals surface area contributed by atoms with Crippen molar-refractivity contribution in [1.82, 2.24) is 5.32 Å². The van der Waals surface area contributed by atoms with E-state index in [0.29, 0.717) is 18.5 Å². The molecule has 28 heavy (non-hydrogen) atoms. The van der Waals surface area contributed by atoms with Crippen LogP contribution >= 0.6 is 0 Å². The molecule has 5 heteroatoms. The Morgan fingerprint density at radius 1 is 0.929 bits per heavy atom. The van der Waals surface area contributed by atoms with Crippen LogP contribution in [0.15, 0.2) is 48.5 Å². The van der Waals surface area contributed by atoms with E-state index >= 15 is 0 Å². The monoisotopic (exact) mass is 384 g/mol. The summed E-state index contributed by atoms with van der Waals surface area (Å²) in [6.07, 6.45) is 0.269. The minimum atomic E-state index is -0.499. The van der Waals surface area contributed by atoms with Crippen molar-refractivity contribution < 1.29 is 14.3 Å². The van der Waals surface area contributed by atoms with E-state index in [2.05, 4.69) is 10.6 Å². The number of alkyl carbamates (subject to hydrolysis) is 1. The smallest absolute Gasteiger partial charge is 0.407 e. The Morgan fingerprint density at radius 3 is 2.04 bits per heavy atom. The van der Waals surface area contributed by atoms with E-state index in [1.807, 2.05) is 77.9 Å². The average Bonchev–Trinajstić information content (AvgIpc) is 2.64. The van der Waals surface area contributed by atoms with Gasteiger partial charge in [-0.25, -0.2) is 4.79 Å². The number of carbonyl (C=O) groups is 2. The quantitative estimate of drug-likeness (QED) is 0.731. The Labute approximate surface area is 168 Å². The van der Waals surface area contributed by atoms with E-state index < -0.39 is 11.7 Å². The molecule has 0 aliphatic carbocycles. The predicted octanol–water partition coefficient (Wildman–Crippen LogP) is 5.34. The lowest BCUT2D eigenvalue weighted by molar-refractivity contribution is 0.0528. The van der Waals surface area contributed by atoms with Crippen molar-refractivity contribution in [2.75, 3.05) is 11.9 Å². The van der Waals surface area contributed by atoms with Crippen LogP contribution in [0.5, 0.6) is 0 Å². The molecule has 0 heterocycles. The third-order valence-electron chi connectivity index (χ3n) is 3.61. The molecule has 2 rings (SSSR count). The highest BCUT2D eigenvalue weighted by Gasteiger charge is 2.15. The largest absolute Gasteiger partial charge is 0.444 e. The summed E-state index contributed by atoms with van der Waals surface area (Å²) in [5.41, 5.74) is 3.04. The Hall–Kier alpha value is -2.82. The zero-order chi connectivity index (χ0) is 21.2. The standard InChI is InChI=1S/C21H26N2O3.C2H6/c1-15-5-9-17(10-6-15)19(24)23-18-11-7-16(8-12-18)13-14-22-20(25)26-21(2,3)4;1-2/h5-12H,13-14H2,1-4H3,(H,22,25)(H,23,24);1-2H3. The van der Waals surface area contributed by atoms with Gasteiger partial charge in [-0.15, -0.1) is 0 Å². The van der Waals surface area contributed by atoms with E-state index in [-0.39, 0.29) is 5.91 Å². The molecule has 5 nitrogen and oxygen atoms in total. The molecule has 0 radical (unpaired) electrons. The van der Waals surface area contributed by atoms with Crippen molar-refractivity contribution in [3.05, 3.63) is 65.2 Å². The van der Waals surface area contributed by atoms with Crippen molar-refractivity contribution in [2.45, 2.75) is 53.6 Å². The van der Waals surface area contributed by atoms with Crippen molar-refractivity contribution >= 4 is 17.7 Å². The molecule has 0 bridgehead atoms. The molecule has 0 saturated carbocycles. The van der Waals surface area contributed by atoms with Crippen LogP contribution in [0, 0.1) is 6.92 Å². The molecular formula is C23H32N2O3. The van der Waals surface area contributed by atoms with Gasteiger partial charge < -0.3 is 15.4 Å². The lowest BCUT2D eigenvalue weighted by Gasteiger charge is -2.19. The molecule has 0 aliphatic rings. The van der Waals surface area contributed by atoms with Crippen molar-refractivity contribution in [3.8, 4) is 0 Å². The van der Waals surface area contributed by atoms with Crippen LogP contribution in [0.4, 0.5) is 10.5 Å². The van der Waals surface area contributed by atoms with Crippen LogP contribution in [0.3, 0.4) is 0 Å². The summed E-state index contributed by atoms with van der Waals surface area (Å²) in [7, 11) is 0. The van der Waals surface area contributed by atoms with Crippen LogP contribution < -0.4 is 10.6 Å². The Balaban J connectivity index is 0.00000190. The lowest BCUT2D eigenvalue weighted by Crippen LogP contribution is -2.33. The van der Waals surface area contributed by atoms with E-state index in [0.717, 1.165) is 16.8 Å². The predicted molar refractivity (Wildman–Crippen MR) is 115 cm³/mol. The number of nitrogens with one attached hydrogen (secondary N) is 2. The van der Waals surface area contributed by atoms with Gasteiger partial charge in [-0.2, -0.15) is 0 Å². The maximum atomic E-state index is 12.2. The van der Waals surface area contributed by atoms with Crippen molar-refractivity contribution in [1.29, 1.82) is 0 Å². The lowest BCUT2D eigenvalue weighted by atomic mass is 10.1. The van der Waals surface area contributed by atoms with E-state index in [1.165, 1.54) is 0 Å². The second kappa shape index (κ2) is 11.1. The molecule has 0 aromatic heterocycles. The zero-order valence-corrected chi connectivity index (χ0v) is 17.8. The van der Waals surface area contributed by atoms with Crippen LogP contribution in [0.2, 0.25) is 0 Å². The molecule has 0 saturated heterocycles. The first-order valence-corrected chi connectivity index (χ1v) is 9.67. The summed E-state index contributed by atoms with van der Waals surface area (Å²) in [6, 6.07) is 15.0. The highest BCUT2D eigenvalue weighted by molar-refractivity contribution is 6.04. The van der Waals surface area contributed by atoms with Gasteiger partial charge in [-0.3, -0.25) is 4.79 Å². The van der Waals surface area contributed by atoms with Crippen LogP contribution in [-0.2, 0) is 11.2 Å². The molecule has 0 unspecified atom stereocenters. The second-order valence-corrected chi connectivity index (χ2v) is 7.20. The SMILES string of the molecule is CC.Cc1ccc(C(=O)Nc2ccc(CCNC(=O)OC(C)(C)C)cc2)cc1. The number of hydrogen-bond acceptors (Lipinski definition) is 3. The summed E-state index contributed by atoms with van der Waals surface area (Å²) < 4.78 is 5.19. The molecule has 2 aromatic rings. The summed E-state index contributed by atoms with van der Waals surface area (Å²) in [5.74, 6) is -0.135. The van der Waals surface area contributed by atoms with Crippen LogP contribution in [-0.4, -0.2) is 24.1 Å². The number of ether oxygens (including phenoxy) is 1. The van der Waals surface area contributed by atoms with Crippen LogP contribution in [0.1, 0.15) is 56.1 Å². The summed E-state index contributed by atoms with van der Waals surface area (Å²) in [6.45, 7) is 12.0. The van der Waals surface area contributed by atoms with Gasteiger partial charge in [0, 0.05) is 17.8 Å². The molecular weight excluding hydrogens is 352 g/mol. The third-order valence-corrected chi connectivity index (χ3v) is 3.61. The molecule has 0 aliphatic heterocycles. The van der Waals surface area contributed by atoms with Gasteiger partial charge in [0.1, 0.15) is 5.60 Å². The number of aryl methyl sites for hydroxylation is 1. The summed E-state index contributed by atoms with van der Waals surface area (Å²) in [5, 5.41) is 5.61. The fourth-order valence-electron chi connectivity index (χ4n) is 2.29. The summed E-state index contributed by atoms with van der Waals surface area (Å²) >= 11 is 0. The van der Waals surface area contributed by atoms with Gasteiger partial charge in [-0.1, -0.05) is 43.7 Å². The Bertz CT molecular complexity index is 745. The fraction of sp³-hybridized carbons (Fsp3) is 0.391. The molecule has 0 fully saturated rings. The second-order valence-electron chi connectivity index (χ2n) is 7.20. The van der Waals surface area contributed by atoms with E-state index in [1.54, 1.807) is 12.1 Å². The zero-order valence-electron chi connectivity index (χ0n) is 17.8. The molecule has 152 valence electrons. The molecule has 0 spiro atoms. The first-order chi connectivity index (χ1) is 13.2. The average molecular weight is 385 g/mol. The van der Waals surface area contributed by atoms with Gasteiger partial charge in [-0.05, 0) is 63.9 Å². The maximum absolute atomic E-state index is 12.2. The van der Waals surface area contributed by atoms with Gasteiger partial charge in [0.15, 0.2) is 0 Å². The van der Waals surface area contributed by atoms with Crippen molar-refractivity contribution in [2.24, 2.45) is 0 Å². The molecule has 2 amide bonds. The Kier molecular flexibility index (Phi) is 9.22. The normalized spacial score (nSPS) is 10.4. The first kappa shape index (κ1) is 23.2. The van der Waals surface area contributed by atoms with Crippen LogP contribution in [0.25, 0.3) is 0 Å². The number of amides is 2. The Morgan fingerprint density at radius 2 is 1.50 bits per heavy atom. The number of carbonyl (C=O) groups excluding carboxylic acids is 2. The fourth-order valence-corrected chi connectivity index (χ4v) is 2.29. The number of anilines is 1. The third kappa shape index (κ3) is 8.71. The molecule has 2 aromatic carbocycles. The molecule has 2 N–H and O–H groups in total. The molecule has 0 atom stereocenters. The van der Waals surface area contributed by atoms with Gasteiger partial charge in [0.05, 0.1) is 0 Å². The van der Waals surface area contributed by atoms with E-state index in [4.69, 9.17) is 4.74 Å². The van der Waals surface area contributed by atoms with Gasteiger partial charge in [0.25, 0.3) is 5.91 Å². The maximum Gasteiger partial charge on any atom is 0.407 e. The van der Waals surface area contributed by atoms with Gasteiger partial charge in [0.2, 0.25) is 0 Å². The number of hydrogen-bond donors (Lipinski definition) is 2. The highest BCUT2D eigenvalue weighted by Crippen LogP contribution is 2.12. The topological polar surface area (TPSA) is 67.4 Å². The minimum Gasteiger partial charge on any atom is -0.444 e. The van der Waals surface area contributed by atoms with E-state index in [9.17, 15) is 9.59 Å². The summed E-state index contributed by atoms with van der Waals surface area (Å²) in [4.78, 5) is 23.8. The first-order valence-electron chi connectivity index (χ1n) is 9.67. The highest BCUT2D eigenvalue weighted by atomic mass is 16.6. The van der Waals surface area contributed by atoms with Crippen molar-refractivity contribution in [3.63, 3.8) is 0 Å². The minimum absolute atomic E-state index is 0.135. The number of rotatable bonds is 5.